The Kier molecular flexibility index (Phi) is 6.43. The van der Waals surface area contributed by atoms with E-state index in [0.29, 0.717) is 5.92 Å². The largest absolute Gasteiger partial charge is 0.317 e. The third kappa shape index (κ3) is 4.79. The van der Waals surface area contributed by atoms with E-state index in [0.717, 1.165) is 37.9 Å². The van der Waals surface area contributed by atoms with Gasteiger partial charge in [0.05, 0.1) is 11.9 Å². The van der Waals surface area contributed by atoms with Crippen LogP contribution in [-0.4, -0.2) is 66.2 Å². The van der Waals surface area contributed by atoms with Crippen LogP contribution in [0.15, 0.2) is 11.4 Å². The fourth-order valence-corrected chi connectivity index (χ4v) is 6.25. The van der Waals surface area contributed by atoms with E-state index in [1.165, 1.54) is 77.1 Å². The van der Waals surface area contributed by atoms with Crippen LogP contribution in [0, 0.1) is 5.92 Å². The van der Waals surface area contributed by atoms with Crippen LogP contribution in [0.25, 0.3) is 0 Å². The standard InChI is InChI=1S/C21H36N4O2S/c1-28(26,27)21-22-15-20(25(21)16-18-7-3-2-4-8-18)17-23-13-9-19(10-14-23)24-11-5-6-12-24/h15,18-19H,2-14,16-17H2,1H3. The van der Waals surface area contributed by atoms with Crippen molar-refractivity contribution < 1.29 is 8.42 Å². The molecule has 158 valence electrons. The van der Waals surface area contributed by atoms with Crippen LogP contribution in [0.2, 0.25) is 0 Å². The van der Waals surface area contributed by atoms with E-state index >= 15 is 0 Å². The van der Waals surface area contributed by atoms with Gasteiger partial charge in [0.25, 0.3) is 0 Å². The first-order chi connectivity index (χ1) is 13.5. The fraction of sp³-hybridized carbons (Fsp3) is 0.857. The zero-order valence-corrected chi connectivity index (χ0v) is 18.2. The molecular formula is C21H36N4O2S. The molecule has 0 amide bonds. The summed E-state index contributed by atoms with van der Waals surface area (Å²) in [5.74, 6) is 0.586. The van der Waals surface area contributed by atoms with E-state index in [1.807, 2.05) is 10.8 Å². The number of piperidine rings is 1. The maximum absolute atomic E-state index is 12.3. The smallest absolute Gasteiger partial charge is 0.227 e. The Bertz CT molecular complexity index is 740. The molecule has 1 aliphatic carbocycles. The van der Waals surface area contributed by atoms with Crippen LogP contribution in [-0.2, 0) is 22.9 Å². The maximum Gasteiger partial charge on any atom is 0.227 e. The van der Waals surface area contributed by atoms with Crippen LogP contribution >= 0.6 is 0 Å². The van der Waals surface area contributed by atoms with Gasteiger partial charge >= 0.3 is 0 Å². The van der Waals surface area contributed by atoms with E-state index in [2.05, 4.69) is 14.8 Å². The molecule has 0 aromatic carbocycles. The molecular weight excluding hydrogens is 372 g/mol. The van der Waals surface area contributed by atoms with Crippen LogP contribution in [0.5, 0.6) is 0 Å². The minimum atomic E-state index is -3.30. The van der Waals surface area contributed by atoms with E-state index in [1.54, 1.807) is 0 Å². The zero-order valence-electron chi connectivity index (χ0n) is 17.4. The number of rotatable bonds is 6. The lowest BCUT2D eigenvalue weighted by Gasteiger charge is -2.36. The summed E-state index contributed by atoms with van der Waals surface area (Å²) in [6.45, 7) is 6.38. The fourth-order valence-electron chi connectivity index (χ4n) is 5.42. The highest BCUT2D eigenvalue weighted by atomic mass is 32.2. The number of hydrogen-bond acceptors (Lipinski definition) is 5. The van der Waals surface area contributed by atoms with Crippen LogP contribution in [0.1, 0.15) is 63.5 Å². The van der Waals surface area contributed by atoms with Crippen molar-refractivity contribution in [3.8, 4) is 0 Å². The Hall–Kier alpha value is -0.920. The van der Waals surface area contributed by atoms with Gasteiger partial charge in [-0.05, 0) is 57.5 Å². The van der Waals surface area contributed by atoms with E-state index < -0.39 is 9.84 Å². The number of imidazole rings is 1. The molecule has 2 aliphatic heterocycles. The second-order valence-electron chi connectivity index (χ2n) is 9.17. The molecule has 0 atom stereocenters. The van der Waals surface area contributed by atoms with Crippen molar-refractivity contribution in [2.75, 3.05) is 32.4 Å². The number of aromatic nitrogens is 2. The molecule has 0 N–H and O–H groups in total. The number of likely N-dealkylation sites (tertiary alicyclic amines) is 2. The number of nitrogens with zero attached hydrogens (tertiary/aromatic N) is 4. The van der Waals surface area contributed by atoms with Crippen molar-refractivity contribution in [1.82, 2.24) is 19.4 Å². The van der Waals surface area contributed by atoms with Gasteiger partial charge in [-0.2, -0.15) is 0 Å². The van der Waals surface area contributed by atoms with Crippen LogP contribution < -0.4 is 0 Å². The molecule has 1 aromatic rings. The van der Waals surface area contributed by atoms with E-state index in [9.17, 15) is 8.42 Å². The van der Waals surface area contributed by atoms with E-state index in [4.69, 9.17) is 0 Å². The molecule has 6 nitrogen and oxygen atoms in total. The predicted octanol–water partition coefficient (Wildman–Crippen LogP) is 2.93. The molecule has 28 heavy (non-hydrogen) atoms. The summed E-state index contributed by atoms with van der Waals surface area (Å²) in [4.78, 5) is 9.50. The van der Waals surface area contributed by atoms with Gasteiger partial charge in [-0.1, -0.05) is 19.3 Å². The summed E-state index contributed by atoms with van der Waals surface area (Å²) in [5.41, 5.74) is 1.07. The molecule has 1 aromatic heterocycles. The van der Waals surface area contributed by atoms with Crippen molar-refractivity contribution in [3.05, 3.63) is 11.9 Å². The highest BCUT2D eigenvalue weighted by molar-refractivity contribution is 7.90. The summed E-state index contributed by atoms with van der Waals surface area (Å²) in [7, 11) is -3.30. The van der Waals surface area contributed by atoms with Gasteiger partial charge in [0.2, 0.25) is 15.0 Å². The predicted molar refractivity (Wildman–Crippen MR) is 111 cm³/mol. The first kappa shape index (κ1) is 20.4. The van der Waals surface area contributed by atoms with Gasteiger partial charge in [-0.25, -0.2) is 13.4 Å². The summed E-state index contributed by atoms with van der Waals surface area (Å²) in [5, 5.41) is 0.264. The Morgan fingerprint density at radius 3 is 2.29 bits per heavy atom. The summed E-state index contributed by atoms with van der Waals surface area (Å²) in [6, 6.07) is 0.748. The molecule has 1 saturated carbocycles. The molecule has 2 saturated heterocycles. The Labute approximate surface area is 170 Å². The molecule has 0 spiro atoms. The molecule has 3 fully saturated rings. The molecule has 7 heteroatoms. The van der Waals surface area contributed by atoms with Gasteiger partial charge in [0.1, 0.15) is 0 Å². The topological polar surface area (TPSA) is 58.4 Å². The molecule has 3 aliphatic rings. The molecule has 3 heterocycles. The molecule has 0 radical (unpaired) electrons. The first-order valence-electron chi connectivity index (χ1n) is 11.2. The quantitative estimate of drug-likeness (QED) is 0.724. The Balaban J connectivity index is 1.43. The SMILES string of the molecule is CS(=O)(=O)c1ncc(CN2CCC(N3CCCC3)CC2)n1CC1CCCCC1. The maximum atomic E-state index is 12.3. The summed E-state index contributed by atoms with van der Waals surface area (Å²) < 4.78 is 26.6. The Morgan fingerprint density at radius 2 is 1.64 bits per heavy atom. The van der Waals surface area contributed by atoms with Crippen LogP contribution in [0.3, 0.4) is 0 Å². The summed E-state index contributed by atoms with van der Waals surface area (Å²) >= 11 is 0. The highest BCUT2D eigenvalue weighted by Gasteiger charge is 2.28. The second kappa shape index (κ2) is 8.84. The third-order valence-electron chi connectivity index (χ3n) is 7.00. The average molecular weight is 409 g/mol. The first-order valence-corrected chi connectivity index (χ1v) is 13.1. The Morgan fingerprint density at radius 1 is 0.964 bits per heavy atom. The molecule has 0 unspecified atom stereocenters. The number of sulfone groups is 1. The van der Waals surface area contributed by atoms with Crippen molar-refractivity contribution in [1.29, 1.82) is 0 Å². The lowest BCUT2D eigenvalue weighted by molar-refractivity contribution is 0.120. The lowest BCUT2D eigenvalue weighted by Crippen LogP contribution is -2.43. The third-order valence-corrected chi connectivity index (χ3v) is 7.99. The van der Waals surface area contributed by atoms with Crippen LogP contribution in [0.4, 0.5) is 0 Å². The monoisotopic (exact) mass is 408 g/mol. The van der Waals surface area contributed by atoms with Crippen molar-refractivity contribution in [2.24, 2.45) is 5.92 Å². The average Bonchev–Trinajstić information content (AvgIpc) is 3.34. The van der Waals surface area contributed by atoms with Crippen molar-refractivity contribution in [3.63, 3.8) is 0 Å². The van der Waals surface area contributed by atoms with Gasteiger partial charge < -0.3 is 9.47 Å². The highest BCUT2D eigenvalue weighted by Crippen LogP contribution is 2.28. The number of hydrogen-bond donors (Lipinski definition) is 0. The van der Waals surface area contributed by atoms with Gasteiger partial charge in [0.15, 0.2) is 0 Å². The van der Waals surface area contributed by atoms with Gasteiger partial charge in [0, 0.05) is 38.5 Å². The summed E-state index contributed by atoms with van der Waals surface area (Å²) in [6.07, 6.45) is 14.6. The van der Waals surface area contributed by atoms with Crippen molar-refractivity contribution in [2.45, 2.75) is 82.1 Å². The molecule has 4 rings (SSSR count). The molecule has 0 bridgehead atoms. The minimum absolute atomic E-state index is 0.264. The lowest BCUT2D eigenvalue weighted by atomic mass is 9.89. The zero-order chi connectivity index (χ0) is 19.6. The van der Waals surface area contributed by atoms with Gasteiger partial charge in [-0.3, -0.25) is 4.90 Å². The van der Waals surface area contributed by atoms with E-state index in [-0.39, 0.29) is 5.16 Å². The minimum Gasteiger partial charge on any atom is -0.317 e. The van der Waals surface area contributed by atoms with Gasteiger partial charge in [-0.15, -0.1) is 0 Å². The normalized spacial score (nSPS) is 24.2. The second-order valence-corrected chi connectivity index (χ2v) is 11.1. The van der Waals surface area contributed by atoms with Crippen molar-refractivity contribution >= 4 is 9.84 Å².